The molecule has 0 saturated carbocycles. The minimum Gasteiger partial charge on any atom is -0.461 e. The molecule has 63 heavy (non-hydrogen) atoms. The van der Waals surface area contributed by atoms with Crippen LogP contribution in [-0.4, -0.2) is 96.4 Å². The Morgan fingerprint density at radius 3 is 1.59 bits per heavy atom. The monoisotopic (exact) mass is 843 g/mol. The topological polar surface area (TPSA) is 229 Å². The number of nitrogens with two attached hydrogens (primary N) is 2. The minimum absolute atomic E-state index is 0.135. The van der Waals surface area contributed by atoms with Crippen molar-refractivity contribution in [2.24, 2.45) is 0 Å². The van der Waals surface area contributed by atoms with E-state index in [4.69, 9.17) is 20.3 Å². The third-order valence-electron chi connectivity index (χ3n) is 11.0. The van der Waals surface area contributed by atoms with Crippen LogP contribution < -0.4 is 31.5 Å². The van der Waals surface area contributed by atoms with Gasteiger partial charge in [-0.15, -0.1) is 10.2 Å². The van der Waals surface area contributed by atoms with Gasteiger partial charge in [-0.2, -0.15) is 9.03 Å². The standard InChI is InChI=1S/C25H22N8O3.C19H19N7O/c26-25-27-19(16-23-28-24(29-32(23)25)22-9-4-14-36-22)17-5-3-6-18(15-17)30-10-12-31(13-11-30)20-7-1-2-8-21(20)33(34)35;20-19-22-15(12-17-23-18(24-26(17)19)16-5-2-10-27-16)13-3-1-4-14(11-13)25-8-6-21-7-9-25/h1-9,14-16H,10-13H2,(H2,26,27);1-5,10-12,21H,6-9H2,(H2,20,22). The average Bonchev–Trinajstić information content (AvgIpc) is 4.18. The van der Waals surface area contributed by atoms with E-state index < -0.39 is 0 Å². The molecule has 2 fully saturated rings. The largest absolute Gasteiger partial charge is 0.461 e. The van der Waals surface area contributed by atoms with E-state index in [0.717, 1.165) is 61.8 Å². The van der Waals surface area contributed by atoms with Crippen molar-refractivity contribution in [1.29, 1.82) is 0 Å². The Hall–Kier alpha value is -8.32. The van der Waals surface area contributed by atoms with Gasteiger partial charge in [0.05, 0.1) is 28.8 Å². The molecule has 316 valence electrons. The third-order valence-corrected chi connectivity index (χ3v) is 11.0. The number of nitro groups is 1. The van der Waals surface area contributed by atoms with Crippen molar-refractivity contribution in [3.63, 3.8) is 0 Å². The number of nitro benzene ring substituents is 1. The van der Waals surface area contributed by atoms with Crippen molar-refractivity contribution in [3.8, 4) is 45.7 Å². The quantitative estimate of drug-likeness (QED) is 0.119. The molecule has 6 aromatic heterocycles. The van der Waals surface area contributed by atoms with E-state index in [9.17, 15) is 10.1 Å². The highest BCUT2D eigenvalue weighted by molar-refractivity contribution is 5.72. The molecule has 3 aromatic carbocycles. The van der Waals surface area contributed by atoms with Gasteiger partial charge in [-0.05, 0) is 54.6 Å². The molecule has 0 bridgehead atoms. The first-order valence-corrected chi connectivity index (χ1v) is 20.4. The molecule has 9 aromatic rings. The Labute approximate surface area is 359 Å². The van der Waals surface area contributed by atoms with Crippen LogP contribution in [0.5, 0.6) is 0 Å². The van der Waals surface area contributed by atoms with Gasteiger partial charge < -0.3 is 40.3 Å². The Bertz CT molecular complexity index is 3040. The van der Waals surface area contributed by atoms with Gasteiger partial charge in [0.2, 0.25) is 23.5 Å². The maximum Gasteiger partial charge on any atom is 0.292 e. The smallest absolute Gasteiger partial charge is 0.292 e. The van der Waals surface area contributed by atoms with Gasteiger partial charge in [0.25, 0.3) is 5.69 Å². The average molecular weight is 844 g/mol. The number of nitrogen functional groups attached to an aromatic ring is 2. The summed E-state index contributed by atoms with van der Waals surface area (Å²) in [5.74, 6) is 2.61. The molecule has 19 nitrogen and oxygen atoms in total. The van der Waals surface area contributed by atoms with Crippen LogP contribution in [0.4, 0.5) is 34.6 Å². The predicted octanol–water partition coefficient (Wildman–Crippen LogP) is 5.91. The number of furan rings is 2. The lowest BCUT2D eigenvalue weighted by Crippen LogP contribution is -2.46. The number of anilines is 5. The summed E-state index contributed by atoms with van der Waals surface area (Å²) in [4.78, 5) is 36.0. The molecule has 11 rings (SSSR count). The van der Waals surface area contributed by atoms with Gasteiger partial charge >= 0.3 is 0 Å². The fraction of sp³-hybridized carbons (Fsp3) is 0.182. The molecule has 0 unspecified atom stereocenters. The zero-order valence-corrected chi connectivity index (χ0v) is 33.9. The van der Waals surface area contributed by atoms with E-state index in [1.54, 1.807) is 42.9 Å². The Kier molecular flexibility index (Phi) is 10.2. The maximum absolute atomic E-state index is 11.4. The minimum atomic E-state index is -0.326. The molecule has 19 heteroatoms. The second-order valence-corrected chi connectivity index (χ2v) is 14.9. The normalized spacial score (nSPS) is 14.3. The number of aromatic nitrogens is 8. The number of rotatable bonds is 8. The van der Waals surface area contributed by atoms with Gasteiger partial charge in [0.1, 0.15) is 5.69 Å². The second-order valence-electron chi connectivity index (χ2n) is 14.9. The molecule has 0 radical (unpaired) electrons. The number of hydrogen-bond acceptors (Lipinski definition) is 16. The zero-order valence-electron chi connectivity index (χ0n) is 33.9. The summed E-state index contributed by atoms with van der Waals surface area (Å²) in [6, 6.07) is 34.3. The first-order valence-electron chi connectivity index (χ1n) is 20.4. The van der Waals surface area contributed by atoms with Crippen molar-refractivity contribution in [1.82, 2.24) is 44.5 Å². The van der Waals surface area contributed by atoms with Crippen LogP contribution in [0.15, 0.2) is 131 Å². The first kappa shape index (κ1) is 38.9. The Balaban J connectivity index is 0.000000156. The van der Waals surface area contributed by atoms with E-state index in [1.807, 2.05) is 54.6 Å². The molecule has 8 heterocycles. The fourth-order valence-electron chi connectivity index (χ4n) is 7.88. The number of nitrogens with zero attached hydrogens (tertiary/aromatic N) is 12. The maximum atomic E-state index is 11.4. The lowest BCUT2D eigenvalue weighted by atomic mass is 10.1. The molecule has 0 amide bonds. The van der Waals surface area contributed by atoms with Crippen LogP contribution >= 0.6 is 0 Å². The highest BCUT2D eigenvalue weighted by Gasteiger charge is 2.24. The van der Waals surface area contributed by atoms with Crippen molar-refractivity contribution in [3.05, 3.63) is 132 Å². The molecule has 2 aliphatic rings. The first-order chi connectivity index (χ1) is 30.8. The fourth-order valence-corrected chi connectivity index (χ4v) is 7.88. The summed E-state index contributed by atoms with van der Waals surface area (Å²) in [7, 11) is 0. The molecule has 2 aliphatic heterocycles. The van der Waals surface area contributed by atoms with Gasteiger partial charge in [0, 0.05) is 93.1 Å². The van der Waals surface area contributed by atoms with Gasteiger partial charge in [-0.3, -0.25) is 10.1 Å². The van der Waals surface area contributed by atoms with Crippen LogP contribution in [0.25, 0.3) is 57.0 Å². The summed E-state index contributed by atoms with van der Waals surface area (Å²) >= 11 is 0. The molecule has 5 N–H and O–H groups in total. The predicted molar refractivity (Wildman–Crippen MR) is 239 cm³/mol. The van der Waals surface area contributed by atoms with E-state index in [0.29, 0.717) is 64.9 Å². The number of piperazine rings is 2. The summed E-state index contributed by atoms with van der Waals surface area (Å²) in [6.07, 6.45) is 3.16. The van der Waals surface area contributed by atoms with Crippen molar-refractivity contribution < 1.29 is 13.8 Å². The molecule has 2 saturated heterocycles. The summed E-state index contributed by atoms with van der Waals surface area (Å²) in [5, 5.41) is 23.6. The van der Waals surface area contributed by atoms with Crippen LogP contribution in [0.3, 0.4) is 0 Å². The molecular formula is C44H41N15O4. The highest BCUT2D eigenvalue weighted by Crippen LogP contribution is 2.32. The lowest BCUT2D eigenvalue weighted by Gasteiger charge is -2.37. The number of hydrogen-bond donors (Lipinski definition) is 3. The molecular weight excluding hydrogens is 803 g/mol. The molecule has 0 aliphatic carbocycles. The van der Waals surface area contributed by atoms with Gasteiger partial charge in [0.15, 0.2) is 22.8 Å². The van der Waals surface area contributed by atoms with Crippen molar-refractivity contribution >= 4 is 45.9 Å². The van der Waals surface area contributed by atoms with Crippen LogP contribution in [-0.2, 0) is 0 Å². The SMILES string of the molecule is Nc1nc(-c2cccc(N3CCN(c4ccccc4[N+](=O)[O-])CC3)c2)cc2nc(-c3ccco3)nn12.Nc1nc(-c2cccc(N3CCNCC3)c2)cc2nc(-c3ccco3)nn12. The summed E-state index contributed by atoms with van der Waals surface area (Å²) in [5.41, 5.74) is 20.0. The van der Waals surface area contributed by atoms with Crippen molar-refractivity contribution in [2.75, 3.05) is 78.5 Å². The van der Waals surface area contributed by atoms with E-state index >= 15 is 0 Å². The zero-order chi connectivity index (χ0) is 42.9. The van der Waals surface area contributed by atoms with E-state index in [-0.39, 0.29) is 16.6 Å². The summed E-state index contributed by atoms with van der Waals surface area (Å²) < 4.78 is 13.8. The Morgan fingerprint density at radius 1 is 0.571 bits per heavy atom. The Morgan fingerprint density at radius 2 is 1.08 bits per heavy atom. The second kappa shape index (κ2) is 16.6. The number of fused-ring (bicyclic) bond motifs is 2. The number of benzene rings is 3. The van der Waals surface area contributed by atoms with Crippen molar-refractivity contribution in [2.45, 2.75) is 0 Å². The van der Waals surface area contributed by atoms with Gasteiger partial charge in [-0.25, -0.2) is 19.9 Å². The van der Waals surface area contributed by atoms with Gasteiger partial charge in [-0.1, -0.05) is 36.4 Å². The molecule has 0 atom stereocenters. The van der Waals surface area contributed by atoms with E-state index in [2.05, 4.69) is 74.4 Å². The highest BCUT2D eigenvalue weighted by atomic mass is 16.6. The van der Waals surface area contributed by atoms with Crippen LogP contribution in [0.2, 0.25) is 0 Å². The van der Waals surface area contributed by atoms with Crippen LogP contribution in [0, 0.1) is 10.1 Å². The third kappa shape index (κ3) is 7.90. The number of nitrogens with one attached hydrogen (secondary N) is 1. The number of para-hydroxylation sites is 2. The molecule has 0 spiro atoms. The summed E-state index contributed by atoms with van der Waals surface area (Å²) in [6.45, 7) is 6.82. The lowest BCUT2D eigenvalue weighted by molar-refractivity contribution is -0.384. The van der Waals surface area contributed by atoms with Crippen LogP contribution in [0.1, 0.15) is 0 Å². The van der Waals surface area contributed by atoms with E-state index in [1.165, 1.54) is 14.7 Å².